The molecule has 1 saturated heterocycles. The predicted molar refractivity (Wildman–Crippen MR) is 76.3 cm³/mol. The molecular formula is C15H21NO2S. The molecule has 1 N–H and O–H groups in total. The van der Waals surface area contributed by atoms with Gasteiger partial charge in [0.1, 0.15) is 0 Å². The molecule has 2 atom stereocenters. The van der Waals surface area contributed by atoms with Crippen LogP contribution in [0.15, 0.2) is 17.5 Å². The first-order valence-corrected chi connectivity index (χ1v) is 8.04. The zero-order valence-corrected chi connectivity index (χ0v) is 12.2. The lowest BCUT2D eigenvalue weighted by atomic mass is 9.65. The molecule has 104 valence electrons. The Bertz CT molecular complexity index is 455. The first kappa shape index (κ1) is 13.1. The van der Waals surface area contributed by atoms with Gasteiger partial charge in [0.05, 0.1) is 10.5 Å². The average molecular weight is 279 g/mol. The van der Waals surface area contributed by atoms with E-state index in [9.17, 15) is 9.90 Å². The molecule has 1 aromatic heterocycles. The largest absolute Gasteiger partial charge is 0.389 e. The molecule has 0 bridgehead atoms. The summed E-state index contributed by atoms with van der Waals surface area (Å²) in [5.41, 5.74) is -0.537. The Kier molecular flexibility index (Phi) is 3.39. The zero-order chi connectivity index (χ0) is 13.5. The maximum Gasteiger partial charge on any atom is 0.263 e. The summed E-state index contributed by atoms with van der Waals surface area (Å²) in [6.07, 6.45) is 4.28. The molecular weight excluding hydrogens is 258 g/mol. The van der Waals surface area contributed by atoms with Gasteiger partial charge in [-0.1, -0.05) is 19.4 Å². The van der Waals surface area contributed by atoms with Crippen molar-refractivity contribution in [1.82, 2.24) is 4.90 Å². The van der Waals surface area contributed by atoms with E-state index in [0.717, 1.165) is 24.1 Å². The van der Waals surface area contributed by atoms with Crippen molar-refractivity contribution in [2.45, 2.75) is 38.2 Å². The van der Waals surface area contributed by atoms with Gasteiger partial charge < -0.3 is 10.0 Å². The van der Waals surface area contributed by atoms with Crippen molar-refractivity contribution < 1.29 is 9.90 Å². The maximum atomic E-state index is 12.3. The van der Waals surface area contributed by atoms with Crippen molar-refractivity contribution in [2.24, 2.45) is 11.8 Å². The van der Waals surface area contributed by atoms with E-state index in [2.05, 4.69) is 6.92 Å². The molecule has 19 heavy (non-hydrogen) atoms. The van der Waals surface area contributed by atoms with Crippen LogP contribution in [-0.4, -0.2) is 34.6 Å². The minimum absolute atomic E-state index is 0.123. The molecule has 1 aliphatic heterocycles. The van der Waals surface area contributed by atoms with Crippen LogP contribution in [0.2, 0.25) is 0 Å². The molecule has 1 saturated carbocycles. The molecule has 3 nitrogen and oxygen atoms in total. The van der Waals surface area contributed by atoms with E-state index < -0.39 is 5.60 Å². The molecule has 1 aromatic rings. The van der Waals surface area contributed by atoms with E-state index in [1.807, 2.05) is 22.4 Å². The Labute approximate surface area is 118 Å². The summed E-state index contributed by atoms with van der Waals surface area (Å²) in [7, 11) is 0. The van der Waals surface area contributed by atoms with Gasteiger partial charge in [-0.15, -0.1) is 11.3 Å². The highest BCUT2D eigenvalue weighted by molar-refractivity contribution is 7.12. The molecule has 0 aromatic carbocycles. The second-order valence-corrected chi connectivity index (χ2v) is 6.95. The third kappa shape index (κ3) is 2.21. The van der Waals surface area contributed by atoms with Crippen LogP contribution >= 0.6 is 11.3 Å². The molecule has 1 aliphatic carbocycles. The van der Waals surface area contributed by atoms with Crippen LogP contribution in [0.25, 0.3) is 0 Å². The Morgan fingerprint density at radius 2 is 2.32 bits per heavy atom. The molecule has 2 fully saturated rings. The second-order valence-electron chi connectivity index (χ2n) is 6.00. The molecule has 4 heteroatoms. The number of rotatable bonds is 2. The number of amides is 1. The van der Waals surface area contributed by atoms with Gasteiger partial charge in [0, 0.05) is 19.0 Å². The molecule has 2 heterocycles. The van der Waals surface area contributed by atoms with Crippen molar-refractivity contribution in [3.8, 4) is 0 Å². The van der Waals surface area contributed by atoms with E-state index in [1.54, 1.807) is 0 Å². The normalized spacial score (nSPS) is 32.1. The van der Waals surface area contributed by atoms with Gasteiger partial charge in [-0.05, 0) is 36.6 Å². The Morgan fingerprint density at radius 3 is 2.84 bits per heavy atom. The Balaban J connectivity index is 1.68. The highest BCUT2D eigenvalue weighted by Gasteiger charge is 2.47. The zero-order valence-electron chi connectivity index (χ0n) is 11.3. The Morgan fingerprint density at radius 1 is 1.53 bits per heavy atom. The summed E-state index contributed by atoms with van der Waals surface area (Å²) in [6.45, 7) is 3.46. The van der Waals surface area contributed by atoms with Crippen molar-refractivity contribution in [2.75, 3.05) is 13.1 Å². The van der Waals surface area contributed by atoms with E-state index in [0.29, 0.717) is 19.0 Å². The minimum Gasteiger partial charge on any atom is -0.389 e. The van der Waals surface area contributed by atoms with Crippen LogP contribution in [0.5, 0.6) is 0 Å². The summed E-state index contributed by atoms with van der Waals surface area (Å²) in [6, 6.07) is 3.79. The Hall–Kier alpha value is -0.870. The third-order valence-corrected chi connectivity index (χ3v) is 5.82. The number of nitrogens with zero attached hydrogens (tertiary/aromatic N) is 1. The highest BCUT2D eigenvalue weighted by atomic mass is 32.1. The van der Waals surface area contributed by atoms with Gasteiger partial charge in [-0.25, -0.2) is 0 Å². The van der Waals surface area contributed by atoms with Crippen LogP contribution in [0.3, 0.4) is 0 Å². The fourth-order valence-corrected chi connectivity index (χ4v) is 4.09. The van der Waals surface area contributed by atoms with Gasteiger partial charge >= 0.3 is 0 Å². The summed E-state index contributed by atoms with van der Waals surface area (Å²) < 4.78 is 0. The molecule has 2 unspecified atom stereocenters. The fourth-order valence-electron chi connectivity index (χ4n) is 3.40. The van der Waals surface area contributed by atoms with Gasteiger partial charge in [0.25, 0.3) is 5.91 Å². The van der Waals surface area contributed by atoms with Gasteiger partial charge in [-0.2, -0.15) is 0 Å². The first-order chi connectivity index (χ1) is 9.11. The molecule has 2 aliphatic rings. The first-order valence-electron chi connectivity index (χ1n) is 7.16. The number of piperidine rings is 1. The van der Waals surface area contributed by atoms with Crippen molar-refractivity contribution in [3.05, 3.63) is 22.4 Å². The number of carbonyl (C=O) groups excluding carboxylic acids is 1. The number of thiophene rings is 1. The standard InChI is InChI=1S/C15H21NO2S/c1-11-10-16(14(17)13-6-3-9-19-13)8-7-15(11,18)12-4-2-5-12/h3,6,9,11-12,18H,2,4-5,7-8,10H2,1H3. The number of carbonyl (C=O) groups is 1. The van der Waals surface area contributed by atoms with Crippen LogP contribution in [0.1, 0.15) is 42.3 Å². The quantitative estimate of drug-likeness (QED) is 0.904. The summed E-state index contributed by atoms with van der Waals surface area (Å²) >= 11 is 1.49. The van der Waals surface area contributed by atoms with Gasteiger partial charge in [0.15, 0.2) is 0 Å². The van der Waals surface area contributed by atoms with Crippen LogP contribution in [-0.2, 0) is 0 Å². The molecule has 3 rings (SSSR count). The van der Waals surface area contributed by atoms with Crippen molar-refractivity contribution in [1.29, 1.82) is 0 Å². The van der Waals surface area contributed by atoms with E-state index in [-0.39, 0.29) is 11.8 Å². The highest BCUT2D eigenvalue weighted by Crippen LogP contribution is 2.44. The summed E-state index contributed by atoms with van der Waals surface area (Å²) in [4.78, 5) is 15.0. The van der Waals surface area contributed by atoms with E-state index in [4.69, 9.17) is 0 Å². The lowest BCUT2D eigenvalue weighted by Crippen LogP contribution is -2.57. The minimum atomic E-state index is -0.537. The summed E-state index contributed by atoms with van der Waals surface area (Å²) in [5.74, 6) is 0.759. The predicted octanol–water partition coefficient (Wildman–Crippen LogP) is 2.76. The van der Waals surface area contributed by atoms with Crippen LogP contribution < -0.4 is 0 Å². The number of hydrogen-bond acceptors (Lipinski definition) is 3. The lowest BCUT2D eigenvalue weighted by Gasteiger charge is -2.50. The number of hydrogen-bond donors (Lipinski definition) is 1. The van der Waals surface area contributed by atoms with Gasteiger partial charge in [0.2, 0.25) is 0 Å². The van der Waals surface area contributed by atoms with Crippen molar-refractivity contribution >= 4 is 17.2 Å². The topological polar surface area (TPSA) is 40.5 Å². The second kappa shape index (κ2) is 4.91. The van der Waals surface area contributed by atoms with Gasteiger partial charge in [-0.3, -0.25) is 4.79 Å². The van der Waals surface area contributed by atoms with E-state index >= 15 is 0 Å². The number of aliphatic hydroxyl groups is 1. The van der Waals surface area contributed by atoms with E-state index in [1.165, 1.54) is 17.8 Å². The number of likely N-dealkylation sites (tertiary alicyclic amines) is 1. The molecule has 1 amide bonds. The summed E-state index contributed by atoms with van der Waals surface area (Å²) in [5, 5.41) is 12.8. The average Bonchev–Trinajstić information content (AvgIpc) is 2.83. The smallest absolute Gasteiger partial charge is 0.263 e. The van der Waals surface area contributed by atoms with Crippen molar-refractivity contribution in [3.63, 3.8) is 0 Å². The van der Waals surface area contributed by atoms with Crippen LogP contribution in [0.4, 0.5) is 0 Å². The molecule has 0 spiro atoms. The molecule has 0 radical (unpaired) electrons. The SMILES string of the molecule is CC1CN(C(=O)c2cccs2)CCC1(O)C1CCC1. The third-order valence-electron chi connectivity index (χ3n) is 4.96. The fraction of sp³-hybridized carbons (Fsp3) is 0.667. The lowest BCUT2D eigenvalue weighted by molar-refractivity contribution is -0.122. The van der Waals surface area contributed by atoms with Crippen LogP contribution in [0, 0.1) is 11.8 Å². The maximum absolute atomic E-state index is 12.3. The monoisotopic (exact) mass is 279 g/mol.